The number of halogens is 6. The predicted octanol–water partition coefficient (Wildman–Crippen LogP) is 5.45. The van der Waals surface area contributed by atoms with Gasteiger partial charge in [-0.1, -0.05) is 12.7 Å². The van der Waals surface area contributed by atoms with Gasteiger partial charge in [0.15, 0.2) is 12.4 Å². The summed E-state index contributed by atoms with van der Waals surface area (Å²) >= 11 is 0. The fourth-order valence-corrected chi connectivity index (χ4v) is 1.24. The van der Waals surface area contributed by atoms with E-state index >= 15 is 0 Å². The van der Waals surface area contributed by atoms with Crippen LogP contribution in [0, 0.1) is 0 Å². The summed E-state index contributed by atoms with van der Waals surface area (Å²) in [4.78, 5) is 0. The van der Waals surface area contributed by atoms with E-state index in [4.69, 9.17) is 0 Å². The van der Waals surface area contributed by atoms with E-state index in [1.807, 2.05) is 36.7 Å². The quantitative estimate of drug-likeness (QED) is 0.374. The number of hydrogen-bond donors (Lipinski definition) is 0. The average Bonchev–Trinajstić information content (AvgIpc) is 2.24. The number of aromatic nitrogens is 1. The minimum atomic E-state index is -10.7. The van der Waals surface area contributed by atoms with E-state index in [9.17, 15) is 25.2 Å². The van der Waals surface area contributed by atoms with Gasteiger partial charge in [-0.2, -0.15) is 4.40 Å². The van der Waals surface area contributed by atoms with Crippen LogP contribution < -0.4 is 4.40 Å². The van der Waals surface area contributed by atoms with Gasteiger partial charge in [-0.05, 0) is 11.6 Å². The molecule has 0 aliphatic heterocycles. The van der Waals surface area contributed by atoms with Crippen LogP contribution in [0.1, 0.15) is 5.56 Å². The summed E-state index contributed by atoms with van der Waals surface area (Å²) in [6, 6.07) is 10.3. The average molecular weight is 301 g/mol. The zero-order valence-electron chi connectivity index (χ0n) is 9.49. The van der Waals surface area contributed by atoms with E-state index in [-0.39, 0.29) is 0 Å². The molecule has 19 heavy (non-hydrogen) atoms. The second-order valence-electron chi connectivity index (χ2n) is 3.66. The maximum atomic E-state index is 9.87. The number of fused-ring (bicyclic) bond motifs is 1. The fraction of sp³-hybridized carbons (Fsp3) is 0. The van der Waals surface area contributed by atoms with Crippen LogP contribution in [0.15, 0.2) is 49.3 Å². The van der Waals surface area contributed by atoms with Crippen molar-refractivity contribution in [3.8, 4) is 0 Å². The van der Waals surface area contributed by atoms with Crippen molar-refractivity contribution in [2.45, 2.75) is 0 Å². The molecule has 0 atom stereocenters. The van der Waals surface area contributed by atoms with E-state index in [2.05, 4.69) is 23.1 Å². The molecule has 0 N–H and O–H groups in total. The first-order valence-corrected chi connectivity index (χ1v) is 6.97. The Labute approximate surface area is 105 Å². The molecule has 0 aliphatic rings. The summed E-state index contributed by atoms with van der Waals surface area (Å²) in [7, 11) is -10.7. The van der Waals surface area contributed by atoms with Crippen molar-refractivity contribution in [3.63, 3.8) is 0 Å². The van der Waals surface area contributed by atoms with Crippen LogP contribution in [0.2, 0.25) is 0 Å². The Morgan fingerprint density at radius 2 is 1.53 bits per heavy atom. The Bertz CT molecular complexity index is 593. The molecule has 2 rings (SSSR count). The van der Waals surface area contributed by atoms with E-state index in [1.54, 1.807) is 0 Å². The summed E-state index contributed by atoms with van der Waals surface area (Å²) in [5.41, 5.74) is 2.34. The van der Waals surface area contributed by atoms with Crippen molar-refractivity contribution in [1.82, 2.24) is 0 Å². The van der Waals surface area contributed by atoms with Crippen molar-refractivity contribution in [1.29, 1.82) is 0 Å². The molecule has 0 aliphatic carbocycles. The van der Waals surface area contributed by atoms with Gasteiger partial charge in [0.2, 0.25) is 5.52 Å². The first-order chi connectivity index (χ1) is 8.35. The molecule has 0 spiro atoms. The van der Waals surface area contributed by atoms with Gasteiger partial charge in [0, 0.05) is 24.3 Å². The Balaban J connectivity index is 0.000000224. The Kier molecular flexibility index (Phi) is 3.41. The first kappa shape index (κ1) is 15.4. The van der Waals surface area contributed by atoms with E-state index < -0.39 is 7.81 Å². The van der Waals surface area contributed by atoms with Crippen molar-refractivity contribution < 1.29 is 29.6 Å². The molecule has 0 saturated carbocycles. The standard InChI is InChI=1S/C11H10N.F6P/c1-2-10-6-8-12-7-4-3-5-11(12)9-10;1-7(2,3,4,5)6/h2-9H,1H2;/q+1;-1. The molecular weight excluding hydrogens is 291 g/mol. The molecule has 2 aromatic rings. The summed E-state index contributed by atoms with van der Waals surface area (Å²) in [5, 5.41) is 0. The van der Waals surface area contributed by atoms with Crippen LogP contribution in [-0.4, -0.2) is 0 Å². The first-order valence-electron chi connectivity index (χ1n) is 4.94. The molecule has 106 valence electrons. The molecule has 0 radical (unpaired) electrons. The number of pyridine rings is 2. The van der Waals surface area contributed by atoms with Gasteiger partial charge < -0.3 is 0 Å². The SMILES string of the molecule is C=Cc1cc[n+]2ccccc2c1.F[P-](F)(F)(F)(F)F. The van der Waals surface area contributed by atoms with Crippen LogP contribution in [0.5, 0.6) is 0 Å². The Hall–Kier alpha value is -1.62. The van der Waals surface area contributed by atoms with Gasteiger partial charge in [0.05, 0.1) is 0 Å². The van der Waals surface area contributed by atoms with Crippen LogP contribution in [0.4, 0.5) is 25.2 Å². The van der Waals surface area contributed by atoms with Gasteiger partial charge in [-0.3, -0.25) is 0 Å². The molecule has 0 unspecified atom stereocenters. The summed E-state index contributed by atoms with van der Waals surface area (Å²) in [6.07, 6.45) is 5.92. The van der Waals surface area contributed by atoms with Crippen LogP contribution in [-0.2, 0) is 0 Å². The predicted molar refractivity (Wildman–Crippen MR) is 63.3 cm³/mol. The zero-order valence-corrected chi connectivity index (χ0v) is 10.4. The third-order valence-electron chi connectivity index (χ3n) is 1.90. The van der Waals surface area contributed by atoms with Crippen LogP contribution >= 0.6 is 7.81 Å². The van der Waals surface area contributed by atoms with Crippen molar-refractivity contribution in [2.24, 2.45) is 0 Å². The topological polar surface area (TPSA) is 4.10 Å². The molecule has 0 saturated heterocycles. The van der Waals surface area contributed by atoms with Crippen LogP contribution in [0.25, 0.3) is 11.6 Å². The van der Waals surface area contributed by atoms with Crippen molar-refractivity contribution >= 4 is 19.4 Å². The summed E-state index contributed by atoms with van der Waals surface area (Å²) in [6.45, 7) is 3.73. The Morgan fingerprint density at radius 1 is 0.947 bits per heavy atom. The maximum absolute atomic E-state index is 10.7. The van der Waals surface area contributed by atoms with Gasteiger partial charge in [-0.25, -0.2) is 0 Å². The monoisotopic (exact) mass is 301 g/mol. The third-order valence-corrected chi connectivity index (χ3v) is 1.90. The zero-order chi connectivity index (χ0) is 14.8. The number of nitrogens with zero attached hydrogens (tertiary/aromatic N) is 1. The Morgan fingerprint density at radius 3 is 2.05 bits per heavy atom. The number of hydrogen-bond acceptors (Lipinski definition) is 0. The van der Waals surface area contributed by atoms with Gasteiger partial charge in [-0.15, -0.1) is 0 Å². The fourth-order valence-electron chi connectivity index (χ4n) is 1.24. The summed E-state index contributed by atoms with van der Waals surface area (Å²) < 4.78 is 61.3. The molecule has 0 bridgehead atoms. The molecule has 0 aromatic carbocycles. The van der Waals surface area contributed by atoms with Gasteiger partial charge >= 0.3 is 33.0 Å². The molecule has 2 aromatic heterocycles. The normalized spacial score (nSPS) is 14.8. The summed E-state index contributed by atoms with van der Waals surface area (Å²) in [5.74, 6) is 0. The molecule has 1 nitrogen and oxygen atoms in total. The molecule has 0 fully saturated rings. The van der Waals surface area contributed by atoms with Crippen LogP contribution in [0.3, 0.4) is 0 Å². The second kappa shape index (κ2) is 4.20. The molecule has 2 heterocycles. The third kappa shape index (κ3) is 8.15. The molecule has 8 heteroatoms. The minimum absolute atomic E-state index is 1.15. The molecule has 0 amide bonds. The van der Waals surface area contributed by atoms with Gasteiger partial charge in [0.1, 0.15) is 0 Å². The number of rotatable bonds is 1. The second-order valence-corrected chi connectivity index (χ2v) is 5.57. The van der Waals surface area contributed by atoms with Gasteiger partial charge in [0.25, 0.3) is 0 Å². The van der Waals surface area contributed by atoms with E-state index in [1.165, 1.54) is 5.52 Å². The van der Waals surface area contributed by atoms with E-state index in [0.29, 0.717) is 0 Å². The van der Waals surface area contributed by atoms with E-state index in [0.717, 1.165) is 5.56 Å². The molecular formula is C11H10F6NP. The van der Waals surface area contributed by atoms with Crippen molar-refractivity contribution in [2.75, 3.05) is 0 Å². The van der Waals surface area contributed by atoms with Crippen molar-refractivity contribution in [3.05, 3.63) is 54.9 Å².